The molecule has 0 aromatic heterocycles. The monoisotopic (exact) mass is 421 g/mol. The number of Topliss-reactive ketones (excluding diaryl/α,β-unsaturated/α-hetero) is 1. The molecule has 0 radical (unpaired) electrons. The van der Waals surface area contributed by atoms with E-state index < -0.39 is 17.7 Å². The van der Waals surface area contributed by atoms with Crippen molar-refractivity contribution >= 4 is 11.7 Å². The van der Waals surface area contributed by atoms with Gasteiger partial charge in [-0.3, -0.25) is 9.59 Å². The molecule has 2 aromatic carbocycles. The average molecular weight is 422 g/mol. The number of hydrogen-bond acceptors (Lipinski definition) is 4. The third kappa shape index (κ3) is 5.42. The quantitative estimate of drug-likeness (QED) is 0.610. The summed E-state index contributed by atoms with van der Waals surface area (Å²) in [5, 5.41) is 10.7. The standard InChI is InChI=1S/C26H31NO4/c1-4-19-10-13-21(14-11-19)24-23(22(28)15-12-20-8-6-5-7-9-20)25(29)26(30)27(24)16-17-31-18(2)3/h5-11,13-14,18,24,29H,4,12,15-17H2,1-3H3. The summed E-state index contributed by atoms with van der Waals surface area (Å²) >= 11 is 0. The number of ether oxygens (including phenoxy) is 1. The molecule has 1 unspecified atom stereocenters. The topological polar surface area (TPSA) is 66.8 Å². The van der Waals surface area contributed by atoms with Crippen molar-refractivity contribution in [2.45, 2.75) is 52.2 Å². The second-order valence-electron chi connectivity index (χ2n) is 8.09. The van der Waals surface area contributed by atoms with Crippen LogP contribution in [0.25, 0.3) is 0 Å². The number of amides is 1. The summed E-state index contributed by atoms with van der Waals surface area (Å²) in [6.45, 7) is 6.58. The number of rotatable bonds is 10. The molecule has 1 heterocycles. The number of aliphatic hydroxyl groups excluding tert-OH is 1. The van der Waals surface area contributed by atoms with Crippen molar-refractivity contribution in [1.29, 1.82) is 0 Å². The molecule has 0 spiro atoms. The van der Waals surface area contributed by atoms with Crippen LogP contribution < -0.4 is 0 Å². The third-order valence-corrected chi connectivity index (χ3v) is 5.57. The largest absolute Gasteiger partial charge is 0.503 e. The summed E-state index contributed by atoms with van der Waals surface area (Å²) in [4.78, 5) is 27.6. The maximum Gasteiger partial charge on any atom is 0.290 e. The van der Waals surface area contributed by atoms with Crippen LogP contribution in [-0.2, 0) is 27.2 Å². The summed E-state index contributed by atoms with van der Waals surface area (Å²) in [5.41, 5.74) is 3.23. The van der Waals surface area contributed by atoms with E-state index in [-0.39, 0.29) is 23.9 Å². The Balaban J connectivity index is 1.87. The number of carbonyl (C=O) groups is 2. The molecule has 1 atom stereocenters. The lowest BCUT2D eigenvalue weighted by Gasteiger charge is -2.27. The van der Waals surface area contributed by atoms with Gasteiger partial charge < -0.3 is 14.7 Å². The number of carbonyl (C=O) groups excluding carboxylic acids is 2. The number of aliphatic hydroxyl groups is 1. The molecule has 0 saturated carbocycles. The molecular weight excluding hydrogens is 390 g/mol. The van der Waals surface area contributed by atoms with Gasteiger partial charge in [0.25, 0.3) is 5.91 Å². The molecule has 1 N–H and O–H groups in total. The fourth-order valence-corrected chi connectivity index (χ4v) is 3.88. The summed E-state index contributed by atoms with van der Waals surface area (Å²) in [5.74, 6) is -1.15. The van der Waals surface area contributed by atoms with Crippen LogP contribution in [0.5, 0.6) is 0 Å². The van der Waals surface area contributed by atoms with E-state index in [2.05, 4.69) is 6.92 Å². The molecule has 5 nitrogen and oxygen atoms in total. The lowest BCUT2D eigenvalue weighted by molar-refractivity contribution is -0.130. The van der Waals surface area contributed by atoms with Crippen LogP contribution >= 0.6 is 0 Å². The highest BCUT2D eigenvalue weighted by Gasteiger charge is 2.42. The predicted molar refractivity (Wildman–Crippen MR) is 121 cm³/mol. The van der Waals surface area contributed by atoms with Crippen LogP contribution in [-0.4, -0.2) is 41.0 Å². The number of ketones is 1. The zero-order chi connectivity index (χ0) is 22.4. The van der Waals surface area contributed by atoms with E-state index in [9.17, 15) is 14.7 Å². The highest BCUT2D eigenvalue weighted by atomic mass is 16.5. The third-order valence-electron chi connectivity index (χ3n) is 5.57. The number of aryl methyl sites for hydroxylation is 2. The van der Waals surface area contributed by atoms with E-state index in [1.165, 1.54) is 5.56 Å². The van der Waals surface area contributed by atoms with Gasteiger partial charge in [-0.2, -0.15) is 0 Å². The van der Waals surface area contributed by atoms with E-state index in [1.807, 2.05) is 68.4 Å². The average Bonchev–Trinajstić information content (AvgIpc) is 3.03. The molecule has 164 valence electrons. The van der Waals surface area contributed by atoms with Crippen molar-refractivity contribution in [3.63, 3.8) is 0 Å². The van der Waals surface area contributed by atoms with Crippen molar-refractivity contribution in [2.24, 2.45) is 0 Å². The van der Waals surface area contributed by atoms with Crippen molar-refractivity contribution < 1.29 is 19.4 Å². The van der Waals surface area contributed by atoms with E-state index in [0.29, 0.717) is 19.6 Å². The molecular formula is C26H31NO4. The Bertz CT molecular complexity index is 932. The minimum Gasteiger partial charge on any atom is -0.503 e. The van der Waals surface area contributed by atoms with Crippen LogP contribution in [0.3, 0.4) is 0 Å². The summed E-state index contributed by atoms with van der Waals surface area (Å²) in [6.07, 6.45) is 1.73. The minimum absolute atomic E-state index is 0.0357. The Hall–Kier alpha value is -2.92. The normalized spacial score (nSPS) is 16.5. The molecule has 2 aromatic rings. The van der Waals surface area contributed by atoms with Gasteiger partial charge in [-0.05, 0) is 43.4 Å². The van der Waals surface area contributed by atoms with Gasteiger partial charge in [0.15, 0.2) is 11.5 Å². The maximum absolute atomic E-state index is 13.2. The van der Waals surface area contributed by atoms with Crippen LogP contribution in [0.15, 0.2) is 65.9 Å². The fourth-order valence-electron chi connectivity index (χ4n) is 3.88. The van der Waals surface area contributed by atoms with Crippen LogP contribution in [0.1, 0.15) is 49.9 Å². The first-order chi connectivity index (χ1) is 14.9. The van der Waals surface area contributed by atoms with Gasteiger partial charge in [0.05, 0.1) is 24.3 Å². The van der Waals surface area contributed by atoms with Crippen LogP contribution in [0.2, 0.25) is 0 Å². The maximum atomic E-state index is 13.2. The van der Waals surface area contributed by atoms with Crippen molar-refractivity contribution in [3.8, 4) is 0 Å². The molecule has 1 aliphatic heterocycles. The molecule has 0 bridgehead atoms. The van der Waals surface area contributed by atoms with E-state index >= 15 is 0 Å². The molecule has 31 heavy (non-hydrogen) atoms. The Labute approximate surface area is 184 Å². The molecule has 5 heteroatoms. The fraction of sp³-hybridized carbons (Fsp3) is 0.385. The number of nitrogens with zero attached hydrogens (tertiary/aromatic N) is 1. The van der Waals surface area contributed by atoms with Crippen LogP contribution in [0.4, 0.5) is 0 Å². The molecule has 0 fully saturated rings. The first-order valence-corrected chi connectivity index (χ1v) is 10.9. The predicted octanol–water partition coefficient (Wildman–Crippen LogP) is 4.57. The van der Waals surface area contributed by atoms with Gasteiger partial charge in [-0.1, -0.05) is 61.5 Å². The van der Waals surface area contributed by atoms with Crippen LogP contribution in [0, 0.1) is 0 Å². The second-order valence-corrected chi connectivity index (χ2v) is 8.09. The summed E-state index contributed by atoms with van der Waals surface area (Å²) in [6, 6.07) is 17.0. The highest BCUT2D eigenvalue weighted by Crippen LogP contribution is 2.38. The Morgan fingerprint density at radius 2 is 1.74 bits per heavy atom. The van der Waals surface area contributed by atoms with Gasteiger partial charge in [-0.25, -0.2) is 0 Å². The first-order valence-electron chi connectivity index (χ1n) is 10.9. The van der Waals surface area contributed by atoms with Gasteiger partial charge in [0, 0.05) is 13.0 Å². The molecule has 0 aliphatic carbocycles. The molecule has 1 aliphatic rings. The molecule has 0 saturated heterocycles. The second kappa shape index (κ2) is 10.4. The van der Waals surface area contributed by atoms with Gasteiger partial charge in [0.2, 0.25) is 0 Å². The number of hydrogen-bond donors (Lipinski definition) is 1. The molecule has 3 rings (SSSR count). The lowest BCUT2D eigenvalue weighted by Crippen LogP contribution is -2.34. The zero-order valence-corrected chi connectivity index (χ0v) is 18.5. The SMILES string of the molecule is CCc1ccc(C2C(C(=O)CCc3ccccc3)=C(O)C(=O)N2CCOC(C)C)cc1. The molecule has 1 amide bonds. The first kappa shape index (κ1) is 22.8. The zero-order valence-electron chi connectivity index (χ0n) is 18.5. The van der Waals surface area contributed by atoms with E-state index in [1.54, 1.807) is 4.90 Å². The van der Waals surface area contributed by atoms with Crippen molar-refractivity contribution in [3.05, 3.63) is 82.6 Å². The number of benzene rings is 2. The Kier molecular flexibility index (Phi) is 7.64. The van der Waals surface area contributed by atoms with Gasteiger partial charge in [-0.15, -0.1) is 0 Å². The van der Waals surface area contributed by atoms with Gasteiger partial charge in [0.1, 0.15) is 0 Å². The van der Waals surface area contributed by atoms with Gasteiger partial charge >= 0.3 is 0 Å². The van der Waals surface area contributed by atoms with Crippen molar-refractivity contribution in [1.82, 2.24) is 4.90 Å². The smallest absolute Gasteiger partial charge is 0.290 e. The summed E-state index contributed by atoms with van der Waals surface area (Å²) < 4.78 is 5.63. The summed E-state index contributed by atoms with van der Waals surface area (Å²) in [7, 11) is 0. The highest BCUT2D eigenvalue weighted by molar-refractivity contribution is 6.09. The minimum atomic E-state index is -0.600. The Morgan fingerprint density at radius 3 is 2.35 bits per heavy atom. The van der Waals surface area contributed by atoms with E-state index in [0.717, 1.165) is 17.5 Å². The Morgan fingerprint density at radius 1 is 1.06 bits per heavy atom. The lowest BCUT2D eigenvalue weighted by atomic mass is 9.92. The van der Waals surface area contributed by atoms with Crippen molar-refractivity contribution in [2.75, 3.05) is 13.2 Å². The van der Waals surface area contributed by atoms with E-state index in [4.69, 9.17) is 4.74 Å².